The summed E-state index contributed by atoms with van der Waals surface area (Å²) in [5.74, 6) is 0. The van der Waals surface area contributed by atoms with Gasteiger partial charge in [-0.05, 0) is 17.0 Å². The second-order valence-corrected chi connectivity index (χ2v) is 4.94. The third-order valence-electron chi connectivity index (χ3n) is 2.26. The van der Waals surface area contributed by atoms with E-state index in [9.17, 15) is 14.9 Å². The fraction of sp³-hybridized carbons (Fsp3) is 0.364. The maximum Gasteiger partial charge on any atom is 0.297 e. The molecule has 0 saturated heterocycles. The topological polar surface area (TPSA) is 72.6 Å². The van der Waals surface area contributed by atoms with Crippen LogP contribution >= 0.6 is 11.6 Å². The van der Waals surface area contributed by atoms with Gasteiger partial charge in [0, 0.05) is 6.07 Å². The number of aliphatic imine (C=N–C) groups is 1. The summed E-state index contributed by atoms with van der Waals surface area (Å²) in [5, 5.41) is 11.0. The van der Waals surface area contributed by atoms with Crippen molar-refractivity contribution in [3.05, 3.63) is 32.8 Å². The molecule has 1 aromatic carbocycles. The third-order valence-corrected chi connectivity index (χ3v) is 2.55. The molecule has 0 heterocycles. The van der Waals surface area contributed by atoms with Crippen molar-refractivity contribution in [2.24, 2.45) is 4.99 Å². The molecule has 0 amide bonds. The van der Waals surface area contributed by atoms with E-state index in [0.717, 1.165) is 0 Å². The molecule has 0 saturated carbocycles. The number of benzene rings is 1. The van der Waals surface area contributed by atoms with Gasteiger partial charge in [0.05, 0.1) is 9.95 Å². The zero-order chi connectivity index (χ0) is 13.2. The second kappa shape index (κ2) is 4.65. The van der Waals surface area contributed by atoms with Gasteiger partial charge in [-0.15, -0.1) is 0 Å². The van der Waals surface area contributed by atoms with Crippen molar-refractivity contribution < 1.29 is 9.72 Å². The fourth-order valence-electron chi connectivity index (χ4n) is 1.31. The maximum absolute atomic E-state index is 10.9. The van der Waals surface area contributed by atoms with Crippen LogP contribution in [0.5, 0.6) is 0 Å². The molecule has 0 N–H and O–H groups in total. The van der Waals surface area contributed by atoms with Crippen LogP contribution in [-0.4, -0.2) is 11.0 Å². The lowest BCUT2D eigenvalue weighted by molar-refractivity contribution is -0.384. The van der Waals surface area contributed by atoms with Crippen LogP contribution in [0, 0.1) is 10.1 Å². The number of carbonyl (C=O) groups excluding carboxylic acids is 1. The van der Waals surface area contributed by atoms with Crippen molar-refractivity contribution in [1.82, 2.24) is 0 Å². The molecule has 90 valence electrons. The van der Waals surface area contributed by atoms with Crippen LogP contribution in [0.3, 0.4) is 0 Å². The first kappa shape index (κ1) is 13.4. The smallest absolute Gasteiger partial charge is 0.258 e. The van der Waals surface area contributed by atoms with Gasteiger partial charge in [0.15, 0.2) is 5.69 Å². The van der Waals surface area contributed by atoms with E-state index in [1.54, 1.807) is 6.07 Å². The van der Waals surface area contributed by atoms with Crippen LogP contribution in [0.1, 0.15) is 26.3 Å². The monoisotopic (exact) mass is 254 g/mol. The summed E-state index contributed by atoms with van der Waals surface area (Å²) in [6.07, 6.45) is 1.26. The Labute approximate surface area is 103 Å². The number of nitro benzene ring substituents is 1. The lowest BCUT2D eigenvalue weighted by atomic mass is 9.86. The first-order chi connectivity index (χ1) is 7.77. The van der Waals surface area contributed by atoms with Crippen molar-refractivity contribution in [3.63, 3.8) is 0 Å². The average Bonchev–Trinajstić information content (AvgIpc) is 2.18. The van der Waals surface area contributed by atoms with Gasteiger partial charge in [0.2, 0.25) is 6.08 Å². The van der Waals surface area contributed by atoms with Crippen LogP contribution in [0.15, 0.2) is 17.1 Å². The van der Waals surface area contributed by atoms with Crippen LogP contribution in [-0.2, 0) is 10.2 Å². The number of halogens is 1. The van der Waals surface area contributed by atoms with Crippen molar-refractivity contribution in [3.8, 4) is 0 Å². The molecule has 0 aliphatic carbocycles. The lowest BCUT2D eigenvalue weighted by Gasteiger charge is -2.19. The first-order valence-electron chi connectivity index (χ1n) is 4.83. The highest BCUT2D eigenvalue weighted by Gasteiger charge is 2.23. The van der Waals surface area contributed by atoms with Gasteiger partial charge in [-0.3, -0.25) is 10.1 Å². The SMILES string of the molecule is CC(C)(C)c1cc(Cl)c(N=C=O)c([N+](=O)[O-])c1. The number of hydrogen-bond acceptors (Lipinski definition) is 4. The molecule has 0 radical (unpaired) electrons. The third kappa shape index (κ3) is 2.90. The molecular formula is C11H11ClN2O3. The molecule has 0 aromatic heterocycles. The molecule has 0 aliphatic rings. The lowest BCUT2D eigenvalue weighted by Crippen LogP contribution is -2.11. The summed E-state index contributed by atoms with van der Waals surface area (Å²) in [6.45, 7) is 5.72. The van der Waals surface area contributed by atoms with Crippen molar-refractivity contribution in [1.29, 1.82) is 0 Å². The molecule has 0 bridgehead atoms. The molecule has 6 heteroatoms. The van der Waals surface area contributed by atoms with Gasteiger partial charge in [-0.25, -0.2) is 4.79 Å². The van der Waals surface area contributed by atoms with Crippen molar-refractivity contribution in [2.45, 2.75) is 26.2 Å². The van der Waals surface area contributed by atoms with Gasteiger partial charge in [0.25, 0.3) is 5.69 Å². The molecule has 0 atom stereocenters. The first-order valence-corrected chi connectivity index (χ1v) is 5.21. The normalized spacial score (nSPS) is 10.8. The van der Waals surface area contributed by atoms with E-state index in [1.807, 2.05) is 20.8 Å². The number of rotatable bonds is 2. The summed E-state index contributed by atoms with van der Waals surface area (Å²) in [5.41, 5.74) is -0.0119. The molecule has 5 nitrogen and oxygen atoms in total. The number of hydrogen-bond donors (Lipinski definition) is 0. The molecule has 0 fully saturated rings. The number of nitrogens with zero attached hydrogens (tertiary/aromatic N) is 2. The van der Waals surface area contributed by atoms with Crippen LogP contribution < -0.4 is 0 Å². The molecule has 1 aromatic rings. The summed E-state index contributed by atoms with van der Waals surface area (Å²) in [4.78, 5) is 23.8. The van der Waals surface area contributed by atoms with Crippen molar-refractivity contribution >= 4 is 29.1 Å². The standard InChI is InChI=1S/C11H11ClN2O3/c1-11(2,3)7-4-8(12)10(13-6-15)9(5-7)14(16)17/h4-5H,1-3H3. The zero-order valence-electron chi connectivity index (χ0n) is 9.65. The van der Waals surface area contributed by atoms with Gasteiger partial charge in [0.1, 0.15) is 0 Å². The minimum absolute atomic E-state index is 0.0764. The van der Waals surface area contributed by atoms with Crippen molar-refractivity contribution in [2.75, 3.05) is 0 Å². The number of isocyanates is 1. The summed E-state index contributed by atoms with van der Waals surface area (Å²) in [7, 11) is 0. The minimum Gasteiger partial charge on any atom is -0.258 e. The molecule has 1 rings (SSSR count). The average molecular weight is 255 g/mol. The van der Waals surface area contributed by atoms with E-state index >= 15 is 0 Å². The highest BCUT2D eigenvalue weighted by atomic mass is 35.5. The molecule has 0 aliphatic heterocycles. The largest absolute Gasteiger partial charge is 0.297 e. The Morgan fingerprint density at radius 3 is 2.41 bits per heavy atom. The van der Waals surface area contributed by atoms with Crippen LogP contribution in [0.2, 0.25) is 5.02 Å². The van der Waals surface area contributed by atoms with Gasteiger partial charge in [-0.2, -0.15) is 4.99 Å². The Hall–Kier alpha value is -1.71. The Balaban J connectivity index is 3.57. The predicted molar refractivity (Wildman–Crippen MR) is 64.6 cm³/mol. The quantitative estimate of drug-likeness (QED) is 0.351. The summed E-state index contributed by atoms with van der Waals surface area (Å²) in [6, 6.07) is 2.95. The van der Waals surface area contributed by atoms with Crippen LogP contribution in [0.4, 0.5) is 11.4 Å². The second-order valence-electron chi connectivity index (χ2n) is 4.54. The van der Waals surface area contributed by atoms with Gasteiger partial charge < -0.3 is 0 Å². The summed E-state index contributed by atoms with van der Waals surface area (Å²) < 4.78 is 0. The molecule has 0 unspecified atom stereocenters. The highest BCUT2D eigenvalue weighted by Crippen LogP contribution is 2.39. The minimum atomic E-state index is -0.614. The van der Waals surface area contributed by atoms with Gasteiger partial charge in [-0.1, -0.05) is 32.4 Å². The number of nitro groups is 1. The fourth-order valence-corrected chi connectivity index (χ4v) is 1.57. The van der Waals surface area contributed by atoms with E-state index in [-0.39, 0.29) is 21.8 Å². The van der Waals surface area contributed by atoms with E-state index in [1.165, 1.54) is 12.1 Å². The molecule has 0 spiro atoms. The highest BCUT2D eigenvalue weighted by molar-refractivity contribution is 6.33. The van der Waals surface area contributed by atoms with Crippen LogP contribution in [0.25, 0.3) is 0 Å². The Bertz CT molecular complexity index is 514. The Morgan fingerprint density at radius 1 is 1.41 bits per heavy atom. The Morgan fingerprint density at radius 2 is 2.00 bits per heavy atom. The maximum atomic E-state index is 10.9. The van der Waals surface area contributed by atoms with E-state index < -0.39 is 4.92 Å². The van der Waals surface area contributed by atoms with E-state index in [0.29, 0.717) is 5.56 Å². The summed E-state index contributed by atoms with van der Waals surface area (Å²) >= 11 is 5.89. The van der Waals surface area contributed by atoms with Gasteiger partial charge >= 0.3 is 0 Å². The zero-order valence-corrected chi connectivity index (χ0v) is 10.4. The van der Waals surface area contributed by atoms with E-state index in [4.69, 9.17) is 11.6 Å². The van der Waals surface area contributed by atoms with E-state index in [2.05, 4.69) is 4.99 Å². The molecular weight excluding hydrogens is 244 g/mol. The molecule has 17 heavy (non-hydrogen) atoms. The predicted octanol–water partition coefficient (Wildman–Crippen LogP) is 3.51. The Kier molecular flexibility index (Phi) is 3.66.